The van der Waals surface area contributed by atoms with Crippen molar-refractivity contribution in [3.05, 3.63) is 34.6 Å². The van der Waals surface area contributed by atoms with E-state index in [4.69, 9.17) is 11.6 Å². The lowest BCUT2D eigenvalue weighted by molar-refractivity contribution is -0.137. The summed E-state index contributed by atoms with van der Waals surface area (Å²) in [5.41, 5.74) is -0.724. The minimum Gasteiger partial charge on any atom is -0.342 e. The third-order valence-electron chi connectivity index (χ3n) is 3.29. The predicted molar refractivity (Wildman–Crippen MR) is 73.7 cm³/mol. The van der Waals surface area contributed by atoms with Crippen molar-refractivity contribution in [2.45, 2.75) is 32.4 Å². The van der Waals surface area contributed by atoms with Crippen LogP contribution in [0.5, 0.6) is 0 Å². The first-order chi connectivity index (χ1) is 9.31. The number of hydrogen-bond donors (Lipinski definition) is 1. The fraction of sp³-hybridized carbons (Fsp3) is 0.429. The zero-order chi connectivity index (χ0) is 14.9. The summed E-state index contributed by atoms with van der Waals surface area (Å²) in [7, 11) is 0. The molecule has 1 aliphatic heterocycles. The Hall–Kier alpha value is -1.62. The summed E-state index contributed by atoms with van der Waals surface area (Å²) >= 11 is 5.98. The monoisotopic (exact) mass is 298 g/mol. The van der Waals surface area contributed by atoms with Crippen molar-refractivity contribution in [3.63, 3.8) is 0 Å². The third-order valence-corrected chi connectivity index (χ3v) is 3.65. The summed E-state index contributed by atoms with van der Waals surface area (Å²) in [4.78, 5) is 25.4. The lowest BCUT2D eigenvalue weighted by Gasteiger charge is -2.29. The summed E-state index contributed by atoms with van der Waals surface area (Å²) in [5.74, 6) is -0.889. The zero-order valence-electron chi connectivity index (χ0n) is 11.4. The highest BCUT2D eigenvalue weighted by Gasteiger charge is 2.36. The molecule has 1 aromatic carbocycles. The van der Waals surface area contributed by atoms with Crippen LogP contribution in [0.15, 0.2) is 18.2 Å². The quantitative estimate of drug-likeness (QED) is 0.909. The van der Waals surface area contributed by atoms with Crippen LogP contribution in [0, 0.1) is 5.82 Å². The molecule has 1 heterocycles. The van der Waals surface area contributed by atoms with Gasteiger partial charge >= 0.3 is 0 Å². The molecule has 20 heavy (non-hydrogen) atoms. The maximum absolute atomic E-state index is 13.8. The molecule has 1 saturated heterocycles. The number of hydrogen-bond acceptors (Lipinski definition) is 2. The van der Waals surface area contributed by atoms with E-state index >= 15 is 0 Å². The van der Waals surface area contributed by atoms with Gasteiger partial charge in [-0.15, -0.1) is 0 Å². The molecule has 1 aliphatic rings. The summed E-state index contributed by atoms with van der Waals surface area (Å²) < 4.78 is 13.8. The van der Waals surface area contributed by atoms with Crippen LogP contribution in [0.1, 0.15) is 25.8 Å². The Kier molecular flexibility index (Phi) is 3.99. The lowest BCUT2D eigenvalue weighted by Crippen LogP contribution is -2.52. The van der Waals surface area contributed by atoms with Crippen molar-refractivity contribution < 1.29 is 14.0 Å². The first kappa shape index (κ1) is 14.8. The van der Waals surface area contributed by atoms with Gasteiger partial charge < -0.3 is 10.2 Å². The van der Waals surface area contributed by atoms with Crippen LogP contribution in [-0.4, -0.2) is 28.8 Å². The average Bonchev–Trinajstić information content (AvgIpc) is 2.44. The van der Waals surface area contributed by atoms with E-state index in [0.29, 0.717) is 0 Å². The van der Waals surface area contributed by atoms with Gasteiger partial charge in [0.25, 0.3) is 0 Å². The highest BCUT2D eigenvalue weighted by molar-refractivity contribution is 6.31. The van der Waals surface area contributed by atoms with Gasteiger partial charge in [-0.2, -0.15) is 0 Å². The second-order valence-electron chi connectivity index (χ2n) is 5.35. The molecule has 0 bridgehead atoms. The highest BCUT2D eigenvalue weighted by Crippen LogP contribution is 2.23. The second-order valence-corrected chi connectivity index (χ2v) is 5.76. The predicted octanol–water partition coefficient (Wildman–Crippen LogP) is 2.11. The molecule has 0 spiro atoms. The molecule has 0 aliphatic carbocycles. The molecule has 1 N–H and O–H groups in total. The number of amides is 2. The van der Waals surface area contributed by atoms with Crippen LogP contribution < -0.4 is 5.32 Å². The maximum atomic E-state index is 13.8. The van der Waals surface area contributed by atoms with Crippen molar-refractivity contribution >= 4 is 23.4 Å². The molecule has 2 rings (SSSR count). The van der Waals surface area contributed by atoms with Crippen molar-refractivity contribution in [3.8, 4) is 0 Å². The standard InChI is InChI=1S/C14H16ClFN2O2/c1-14(2)13(20)18(7-6-12(19)17-14)8-9-10(15)4-3-5-11(9)16/h3-5H,6-8H2,1-2H3,(H,17,19). The first-order valence-corrected chi connectivity index (χ1v) is 6.72. The molecule has 108 valence electrons. The van der Waals surface area contributed by atoms with Crippen LogP contribution in [0.4, 0.5) is 4.39 Å². The highest BCUT2D eigenvalue weighted by atomic mass is 35.5. The molecule has 2 amide bonds. The fourth-order valence-corrected chi connectivity index (χ4v) is 2.45. The Labute approximate surface area is 121 Å². The van der Waals surface area contributed by atoms with Crippen LogP contribution in [-0.2, 0) is 16.1 Å². The third kappa shape index (κ3) is 2.93. The molecule has 0 unspecified atom stereocenters. The van der Waals surface area contributed by atoms with Crippen molar-refractivity contribution in [2.24, 2.45) is 0 Å². The van der Waals surface area contributed by atoms with Gasteiger partial charge in [-0.1, -0.05) is 17.7 Å². The number of halogens is 2. The Morgan fingerprint density at radius 2 is 2.10 bits per heavy atom. The van der Waals surface area contributed by atoms with E-state index < -0.39 is 11.4 Å². The molecule has 0 aromatic heterocycles. The topological polar surface area (TPSA) is 49.4 Å². The van der Waals surface area contributed by atoms with E-state index in [1.54, 1.807) is 19.9 Å². The number of benzene rings is 1. The van der Waals surface area contributed by atoms with Gasteiger partial charge in [-0.3, -0.25) is 9.59 Å². The van der Waals surface area contributed by atoms with Gasteiger partial charge in [0.1, 0.15) is 11.4 Å². The Balaban J connectivity index is 2.28. The van der Waals surface area contributed by atoms with Crippen molar-refractivity contribution in [1.29, 1.82) is 0 Å². The maximum Gasteiger partial charge on any atom is 0.248 e. The van der Waals surface area contributed by atoms with Gasteiger partial charge in [0.05, 0.1) is 6.54 Å². The second kappa shape index (κ2) is 5.40. The number of carbonyl (C=O) groups excluding carboxylic acids is 2. The molecule has 4 nitrogen and oxygen atoms in total. The van der Waals surface area contributed by atoms with Gasteiger partial charge in [0.15, 0.2) is 0 Å². The van der Waals surface area contributed by atoms with E-state index in [1.807, 2.05) is 0 Å². The largest absolute Gasteiger partial charge is 0.342 e. The van der Waals surface area contributed by atoms with Gasteiger partial charge in [-0.25, -0.2) is 4.39 Å². The fourth-order valence-electron chi connectivity index (χ4n) is 2.22. The van der Waals surface area contributed by atoms with Gasteiger partial charge in [-0.05, 0) is 26.0 Å². The molecule has 0 atom stereocenters. The zero-order valence-corrected chi connectivity index (χ0v) is 12.1. The SMILES string of the molecule is CC1(C)NC(=O)CCN(Cc2c(F)cccc2Cl)C1=O. The number of rotatable bonds is 2. The van der Waals surface area contributed by atoms with Crippen LogP contribution in [0.2, 0.25) is 5.02 Å². The smallest absolute Gasteiger partial charge is 0.248 e. The van der Waals surface area contributed by atoms with E-state index in [9.17, 15) is 14.0 Å². The van der Waals surface area contributed by atoms with Gasteiger partial charge in [0.2, 0.25) is 11.8 Å². The number of nitrogens with one attached hydrogen (secondary N) is 1. The molecular formula is C14H16ClFN2O2. The summed E-state index contributed by atoms with van der Waals surface area (Å²) in [6, 6.07) is 4.40. The van der Waals surface area contributed by atoms with Crippen molar-refractivity contribution in [1.82, 2.24) is 10.2 Å². The van der Waals surface area contributed by atoms with Crippen molar-refractivity contribution in [2.75, 3.05) is 6.54 Å². The number of carbonyl (C=O) groups is 2. The molecule has 6 heteroatoms. The Bertz CT molecular complexity index is 540. The van der Waals surface area contributed by atoms with Crippen LogP contribution >= 0.6 is 11.6 Å². The molecule has 1 aromatic rings. The van der Waals surface area contributed by atoms with Crippen LogP contribution in [0.3, 0.4) is 0 Å². The van der Waals surface area contributed by atoms with E-state index in [0.717, 1.165) is 0 Å². The van der Waals surface area contributed by atoms with E-state index in [-0.39, 0.29) is 41.9 Å². The molecular weight excluding hydrogens is 283 g/mol. The molecule has 1 fully saturated rings. The lowest BCUT2D eigenvalue weighted by atomic mass is 10.0. The Morgan fingerprint density at radius 3 is 2.75 bits per heavy atom. The van der Waals surface area contributed by atoms with Crippen LogP contribution in [0.25, 0.3) is 0 Å². The van der Waals surface area contributed by atoms with E-state index in [2.05, 4.69) is 5.32 Å². The normalized spacial score (nSPS) is 18.7. The Morgan fingerprint density at radius 1 is 1.40 bits per heavy atom. The van der Waals surface area contributed by atoms with E-state index in [1.165, 1.54) is 17.0 Å². The summed E-state index contributed by atoms with van der Waals surface area (Å²) in [6.07, 6.45) is 0.196. The molecule has 0 saturated carbocycles. The number of nitrogens with zero attached hydrogens (tertiary/aromatic N) is 1. The van der Waals surface area contributed by atoms with Gasteiger partial charge in [0, 0.05) is 23.6 Å². The summed E-state index contributed by atoms with van der Waals surface area (Å²) in [6.45, 7) is 3.57. The molecule has 0 radical (unpaired) electrons. The first-order valence-electron chi connectivity index (χ1n) is 6.34. The minimum atomic E-state index is -0.995. The average molecular weight is 299 g/mol. The minimum absolute atomic E-state index is 0.0583. The summed E-state index contributed by atoms with van der Waals surface area (Å²) in [5, 5.41) is 2.93.